The van der Waals surface area contributed by atoms with E-state index in [1.54, 1.807) is 6.92 Å². The molecule has 8 nitrogen and oxygen atoms in total. The molecule has 2 atom stereocenters. The minimum atomic E-state index is -1.55. The van der Waals surface area contributed by atoms with Crippen LogP contribution >= 0.6 is 0 Å². The van der Waals surface area contributed by atoms with Crippen LogP contribution in [0.25, 0.3) is 11.1 Å². The Bertz CT molecular complexity index is 1020. The van der Waals surface area contributed by atoms with Gasteiger partial charge in [0.15, 0.2) is 6.10 Å². The Morgan fingerprint density at radius 1 is 1.06 bits per heavy atom. The number of aliphatic hydroxyl groups is 1. The van der Waals surface area contributed by atoms with Crippen molar-refractivity contribution >= 4 is 18.0 Å². The first-order chi connectivity index (χ1) is 15.8. The lowest BCUT2D eigenvalue weighted by atomic mass is 9.94. The van der Waals surface area contributed by atoms with E-state index in [0.717, 1.165) is 35.1 Å². The quantitative estimate of drug-likeness (QED) is 0.464. The van der Waals surface area contributed by atoms with Crippen LogP contribution < -0.4 is 10.6 Å². The van der Waals surface area contributed by atoms with Crippen molar-refractivity contribution in [3.05, 3.63) is 59.7 Å². The normalized spacial score (nSPS) is 17.3. The lowest BCUT2D eigenvalue weighted by molar-refractivity contribution is -0.147. The van der Waals surface area contributed by atoms with Crippen molar-refractivity contribution in [2.24, 2.45) is 5.92 Å². The fraction of sp³-hybridized carbons (Fsp3) is 0.400. The van der Waals surface area contributed by atoms with E-state index in [9.17, 15) is 19.5 Å². The van der Waals surface area contributed by atoms with Crippen LogP contribution in [0, 0.1) is 5.92 Å². The smallest absolute Gasteiger partial charge is 0.408 e. The third kappa shape index (κ3) is 4.71. The summed E-state index contributed by atoms with van der Waals surface area (Å²) in [7, 11) is 0. The Morgan fingerprint density at radius 2 is 1.64 bits per heavy atom. The molecule has 174 valence electrons. The zero-order valence-corrected chi connectivity index (χ0v) is 18.4. The summed E-state index contributed by atoms with van der Waals surface area (Å²) in [6, 6.07) is 16.1. The first kappa shape index (κ1) is 22.8. The van der Waals surface area contributed by atoms with E-state index in [1.165, 1.54) is 0 Å². The summed E-state index contributed by atoms with van der Waals surface area (Å²) in [5.74, 6) is -1.87. The van der Waals surface area contributed by atoms with Gasteiger partial charge in [-0.3, -0.25) is 4.79 Å². The molecule has 0 heterocycles. The molecule has 0 spiro atoms. The first-order valence-electron chi connectivity index (χ1n) is 11.1. The summed E-state index contributed by atoms with van der Waals surface area (Å²) < 4.78 is 5.59. The number of nitrogens with one attached hydrogen (secondary N) is 2. The number of carboxylic acids is 1. The number of aliphatic carboxylic acids is 1. The lowest BCUT2D eigenvalue weighted by Gasteiger charge is -2.29. The number of hydrogen-bond donors (Lipinski definition) is 4. The number of carbonyl (C=O) groups is 3. The highest BCUT2D eigenvalue weighted by Gasteiger charge is 2.48. The molecule has 2 amide bonds. The van der Waals surface area contributed by atoms with Crippen molar-refractivity contribution < 1.29 is 29.3 Å². The van der Waals surface area contributed by atoms with Gasteiger partial charge in [-0.05, 0) is 47.9 Å². The molecule has 8 heteroatoms. The van der Waals surface area contributed by atoms with E-state index >= 15 is 0 Å². The average Bonchev–Trinajstić information content (AvgIpc) is 3.61. The number of rotatable bonds is 9. The number of carbonyl (C=O) groups excluding carboxylic acids is 2. The van der Waals surface area contributed by atoms with E-state index < -0.39 is 29.6 Å². The number of aliphatic hydroxyl groups excluding tert-OH is 1. The number of benzene rings is 2. The van der Waals surface area contributed by atoms with Crippen LogP contribution in [-0.2, 0) is 14.3 Å². The van der Waals surface area contributed by atoms with Crippen LogP contribution in [0.4, 0.5) is 4.79 Å². The molecule has 2 aliphatic rings. The third-order valence-electron chi connectivity index (χ3n) is 6.56. The lowest BCUT2D eigenvalue weighted by Crippen LogP contribution is -2.58. The molecule has 0 bridgehead atoms. The van der Waals surface area contributed by atoms with Gasteiger partial charge in [0.2, 0.25) is 5.91 Å². The van der Waals surface area contributed by atoms with Crippen molar-refractivity contribution in [3.8, 4) is 11.1 Å². The number of alkyl carbamates (subject to hydrolysis) is 1. The topological polar surface area (TPSA) is 125 Å². The standard InChI is InChI=1S/C25H28N2O6/c1-25(15-10-11-15,23(31)26-13-12-21(28)22(29)30)27-24(32)33-14-20-18-8-4-2-6-16(18)17-7-3-5-9-19(17)20/h2-9,15,20-21,28H,10-14H2,1H3,(H,26,31)(H,27,32)(H,29,30)/t21-,25?/m0/s1. The molecule has 33 heavy (non-hydrogen) atoms. The maximum Gasteiger partial charge on any atom is 0.408 e. The first-order valence-corrected chi connectivity index (χ1v) is 11.1. The van der Waals surface area contributed by atoms with Crippen molar-refractivity contribution in [1.29, 1.82) is 0 Å². The molecule has 2 aliphatic carbocycles. The molecule has 1 unspecified atom stereocenters. The van der Waals surface area contributed by atoms with Gasteiger partial charge in [0.25, 0.3) is 0 Å². The van der Waals surface area contributed by atoms with Gasteiger partial charge in [-0.2, -0.15) is 0 Å². The molecular formula is C25H28N2O6. The molecule has 2 aromatic rings. The van der Waals surface area contributed by atoms with Gasteiger partial charge in [-0.15, -0.1) is 0 Å². The van der Waals surface area contributed by atoms with Gasteiger partial charge in [0, 0.05) is 18.9 Å². The second kappa shape index (κ2) is 9.23. The highest BCUT2D eigenvalue weighted by molar-refractivity contribution is 5.90. The van der Waals surface area contributed by atoms with E-state index in [2.05, 4.69) is 22.8 Å². The van der Waals surface area contributed by atoms with Gasteiger partial charge in [-0.25, -0.2) is 9.59 Å². The number of amides is 2. The van der Waals surface area contributed by atoms with Crippen molar-refractivity contribution in [3.63, 3.8) is 0 Å². The van der Waals surface area contributed by atoms with Crippen molar-refractivity contribution in [2.45, 2.75) is 43.7 Å². The predicted octanol–water partition coefficient (Wildman–Crippen LogP) is 2.65. The van der Waals surface area contributed by atoms with Gasteiger partial charge in [-0.1, -0.05) is 48.5 Å². The van der Waals surface area contributed by atoms with E-state index in [4.69, 9.17) is 9.84 Å². The van der Waals surface area contributed by atoms with Crippen LogP contribution in [0.1, 0.15) is 43.2 Å². The summed E-state index contributed by atoms with van der Waals surface area (Å²) in [6.45, 7) is 1.78. The summed E-state index contributed by atoms with van der Waals surface area (Å²) in [4.78, 5) is 36.3. The van der Waals surface area contributed by atoms with Gasteiger partial charge in [0.05, 0.1) is 0 Å². The Morgan fingerprint density at radius 3 is 2.18 bits per heavy atom. The Labute approximate surface area is 192 Å². The molecule has 0 radical (unpaired) electrons. The maximum absolute atomic E-state index is 12.8. The Balaban J connectivity index is 1.38. The minimum Gasteiger partial charge on any atom is -0.479 e. The molecule has 1 fully saturated rings. The van der Waals surface area contributed by atoms with Crippen LogP contribution in [0.5, 0.6) is 0 Å². The summed E-state index contributed by atoms with van der Waals surface area (Å²) in [6.07, 6.45) is -0.747. The van der Waals surface area contributed by atoms with Gasteiger partial charge >= 0.3 is 12.1 Å². The third-order valence-corrected chi connectivity index (χ3v) is 6.56. The van der Waals surface area contributed by atoms with Crippen LogP contribution in [0.15, 0.2) is 48.5 Å². The Kier molecular flexibility index (Phi) is 6.37. The predicted molar refractivity (Wildman–Crippen MR) is 121 cm³/mol. The molecule has 4 N–H and O–H groups in total. The summed E-state index contributed by atoms with van der Waals surface area (Å²) in [5.41, 5.74) is 3.30. The summed E-state index contributed by atoms with van der Waals surface area (Å²) in [5, 5.41) is 23.5. The Hall–Kier alpha value is -3.39. The van der Waals surface area contributed by atoms with Crippen LogP contribution in [0.3, 0.4) is 0 Å². The second-order valence-corrected chi connectivity index (χ2v) is 8.83. The summed E-state index contributed by atoms with van der Waals surface area (Å²) >= 11 is 0. The van der Waals surface area contributed by atoms with Crippen LogP contribution in [0.2, 0.25) is 0 Å². The minimum absolute atomic E-state index is 0.0129. The van der Waals surface area contributed by atoms with Crippen LogP contribution in [-0.4, -0.2) is 53.0 Å². The molecule has 0 aliphatic heterocycles. The van der Waals surface area contributed by atoms with E-state index in [1.807, 2.05) is 36.4 Å². The fourth-order valence-electron chi connectivity index (χ4n) is 4.48. The highest BCUT2D eigenvalue weighted by atomic mass is 16.5. The maximum atomic E-state index is 12.8. The van der Waals surface area contributed by atoms with Gasteiger partial charge < -0.3 is 25.6 Å². The number of hydrogen-bond acceptors (Lipinski definition) is 5. The molecular weight excluding hydrogens is 424 g/mol. The molecule has 0 aromatic heterocycles. The monoisotopic (exact) mass is 452 g/mol. The average molecular weight is 453 g/mol. The van der Waals surface area contributed by atoms with Gasteiger partial charge in [0.1, 0.15) is 12.1 Å². The van der Waals surface area contributed by atoms with E-state index in [-0.39, 0.29) is 31.4 Å². The number of fused-ring (bicyclic) bond motifs is 3. The fourth-order valence-corrected chi connectivity index (χ4v) is 4.48. The molecule has 2 aromatic carbocycles. The highest BCUT2D eigenvalue weighted by Crippen LogP contribution is 2.44. The van der Waals surface area contributed by atoms with Crippen molar-refractivity contribution in [2.75, 3.05) is 13.2 Å². The molecule has 0 saturated heterocycles. The van der Waals surface area contributed by atoms with E-state index in [0.29, 0.717) is 0 Å². The number of ether oxygens (including phenoxy) is 1. The molecule has 4 rings (SSSR count). The number of carboxylic acid groups (broad SMARTS) is 1. The second-order valence-electron chi connectivity index (χ2n) is 8.83. The SMILES string of the molecule is CC(NC(=O)OCC1c2ccccc2-c2ccccc21)(C(=O)NCC[C@H](O)C(=O)O)C1CC1. The zero-order valence-electron chi connectivity index (χ0n) is 18.4. The molecule has 1 saturated carbocycles. The largest absolute Gasteiger partial charge is 0.479 e. The van der Waals surface area contributed by atoms with Crippen molar-refractivity contribution in [1.82, 2.24) is 10.6 Å². The zero-order chi connectivity index (χ0) is 23.6.